The van der Waals surface area contributed by atoms with Crippen LogP contribution in [0.1, 0.15) is 0 Å². The fourth-order valence-corrected chi connectivity index (χ4v) is 6.11. The van der Waals surface area contributed by atoms with E-state index in [4.69, 9.17) is 23.2 Å². The van der Waals surface area contributed by atoms with E-state index in [0.29, 0.717) is 10.0 Å². The van der Waals surface area contributed by atoms with Crippen LogP contribution < -0.4 is 0 Å². The highest BCUT2D eigenvalue weighted by Gasteiger charge is 2.23. The molecular formula is C40H26Cl2O. The molecule has 0 atom stereocenters. The Balaban J connectivity index is 1.55. The van der Waals surface area contributed by atoms with Gasteiger partial charge >= 0.3 is 0 Å². The number of benzene rings is 7. The van der Waals surface area contributed by atoms with Crippen LogP contribution >= 0.6 is 23.2 Å². The van der Waals surface area contributed by atoms with Crippen molar-refractivity contribution in [1.29, 1.82) is 0 Å². The standard InChI is InChI=1S/C40H26Cl2O/c41-32-21-17-30(18-22-32)38-36(29-15-13-27(14-16-29)26-7-2-1-3-8-26)25-37(35-12-6-10-28-9-4-5-11-34(28)35)39(40(38)43)31-19-23-33(42)24-20-31/h1-25,43H. The van der Waals surface area contributed by atoms with Crippen molar-refractivity contribution in [3.8, 4) is 61.4 Å². The summed E-state index contributed by atoms with van der Waals surface area (Å²) in [5.74, 6) is 0.206. The number of hydrogen-bond acceptors (Lipinski definition) is 1. The third-order valence-corrected chi connectivity index (χ3v) is 8.45. The number of phenolic OH excluding ortho intramolecular Hbond substituents is 1. The molecule has 7 aromatic carbocycles. The smallest absolute Gasteiger partial charge is 0.132 e. The lowest BCUT2D eigenvalue weighted by Gasteiger charge is -2.21. The van der Waals surface area contributed by atoms with Gasteiger partial charge in [0.05, 0.1) is 0 Å². The molecule has 1 N–H and O–H groups in total. The molecule has 0 aliphatic rings. The largest absolute Gasteiger partial charge is 0.507 e. The van der Waals surface area contributed by atoms with Gasteiger partial charge in [-0.3, -0.25) is 0 Å². The summed E-state index contributed by atoms with van der Waals surface area (Å²) in [4.78, 5) is 0. The maximum absolute atomic E-state index is 12.4. The average Bonchev–Trinajstić information content (AvgIpc) is 3.06. The third-order valence-electron chi connectivity index (χ3n) is 7.95. The van der Waals surface area contributed by atoms with E-state index in [1.807, 2.05) is 72.8 Å². The first-order valence-electron chi connectivity index (χ1n) is 14.1. The summed E-state index contributed by atoms with van der Waals surface area (Å²) in [7, 11) is 0. The van der Waals surface area contributed by atoms with Gasteiger partial charge in [-0.15, -0.1) is 0 Å². The van der Waals surface area contributed by atoms with Crippen LogP contribution in [0.4, 0.5) is 0 Å². The van der Waals surface area contributed by atoms with Crippen LogP contribution in [0.25, 0.3) is 66.4 Å². The molecule has 0 radical (unpaired) electrons. The van der Waals surface area contributed by atoms with E-state index in [9.17, 15) is 5.11 Å². The van der Waals surface area contributed by atoms with Crippen LogP contribution in [0, 0.1) is 0 Å². The molecule has 0 aromatic heterocycles. The van der Waals surface area contributed by atoms with Crippen molar-refractivity contribution in [1.82, 2.24) is 0 Å². The highest BCUT2D eigenvalue weighted by molar-refractivity contribution is 6.31. The SMILES string of the molecule is Oc1c(-c2ccc(Cl)cc2)c(-c2ccc(-c3ccccc3)cc2)cc(-c2cccc3ccccc23)c1-c1ccc(Cl)cc1. The Hall–Kier alpha value is -4.82. The zero-order valence-electron chi connectivity index (χ0n) is 23.1. The number of aromatic hydroxyl groups is 1. The molecule has 0 unspecified atom stereocenters. The second-order valence-electron chi connectivity index (χ2n) is 10.6. The van der Waals surface area contributed by atoms with E-state index >= 15 is 0 Å². The van der Waals surface area contributed by atoms with Gasteiger partial charge in [-0.1, -0.05) is 145 Å². The number of halogens is 2. The molecule has 0 spiro atoms. The highest BCUT2D eigenvalue weighted by atomic mass is 35.5. The van der Waals surface area contributed by atoms with Gasteiger partial charge in [-0.2, -0.15) is 0 Å². The second kappa shape index (κ2) is 11.5. The Morgan fingerprint density at radius 2 is 0.860 bits per heavy atom. The monoisotopic (exact) mass is 592 g/mol. The second-order valence-corrected chi connectivity index (χ2v) is 11.4. The number of hydrogen-bond donors (Lipinski definition) is 1. The average molecular weight is 594 g/mol. The Kier molecular flexibility index (Phi) is 7.20. The first kappa shape index (κ1) is 27.0. The van der Waals surface area contributed by atoms with Gasteiger partial charge in [0.1, 0.15) is 5.75 Å². The van der Waals surface area contributed by atoms with Crippen molar-refractivity contribution in [3.05, 3.63) is 162 Å². The topological polar surface area (TPSA) is 20.2 Å². The number of rotatable bonds is 5. The molecule has 0 bridgehead atoms. The van der Waals surface area contributed by atoms with E-state index in [0.717, 1.165) is 66.4 Å². The molecule has 0 heterocycles. The Labute approximate surface area is 261 Å². The van der Waals surface area contributed by atoms with Gasteiger partial charge in [0.2, 0.25) is 0 Å². The summed E-state index contributed by atoms with van der Waals surface area (Å²) in [6, 6.07) is 51.1. The highest BCUT2D eigenvalue weighted by Crippen LogP contribution is 2.50. The molecule has 0 fully saturated rings. The maximum atomic E-state index is 12.4. The van der Waals surface area contributed by atoms with Crippen LogP contribution in [0.15, 0.2) is 152 Å². The van der Waals surface area contributed by atoms with E-state index in [-0.39, 0.29) is 5.75 Å². The van der Waals surface area contributed by atoms with Crippen molar-refractivity contribution in [2.45, 2.75) is 0 Å². The van der Waals surface area contributed by atoms with Crippen molar-refractivity contribution >= 4 is 34.0 Å². The van der Waals surface area contributed by atoms with Gasteiger partial charge in [-0.25, -0.2) is 0 Å². The lowest BCUT2D eigenvalue weighted by Crippen LogP contribution is -1.95. The van der Waals surface area contributed by atoms with Crippen molar-refractivity contribution in [2.24, 2.45) is 0 Å². The summed E-state index contributed by atoms with van der Waals surface area (Å²) < 4.78 is 0. The summed E-state index contributed by atoms with van der Waals surface area (Å²) in [6.45, 7) is 0. The van der Waals surface area contributed by atoms with Crippen LogP contribution in [0.5, 0.6) is 5.75 Å². The zero-order valence-corrected chi connectivity index (χ0v) is 24.6. The first-order valence-corrected chi connectivity index (χ1v) is 14.9. The molecule has 43 heavy (non-hydrogen) atoms. The molecule has 7 rings (SSSR count). The maximum Gasteiger partial charge on any atom is 0.132 e. The quantitative estimate of drug-likeness (QED) is 0.211. The number of fused-ring (bicyclic) bond motifs is 1. The van der Waals surface area contributed by atoms with Crippen LogP contribution in [0.2, 0.25) is 10.0 Å². The predicted octanol–water partition coefficient (Wildman–Crippen LogP) is 12.2. The summed E-state index contributed by atoms with van der Waals surface area (Å²) >= 11 is 12.6. The minimum Gasteiger partial charge on any atom is -0.507 e. The van der Waals surface area contributed by atoms with Gasteiger partial charge < -0.3 is 5.11 Å². The van der Waals surface area contributed by atoms with Gasteiger partial charge in [0, 0.05) is 21.2 Å². The molecule has 0 amide bonds. The van der Waals surface area contributed by atoms with Crippen LogP contribution in [-0.4, -0.2) is 5.11 Å². The molecule has 0 saturated heterocycles. The van der Waals surface area contributed by atoms with E-state index in [1.165, 1.54) is 0 Å². The fourth-order valence-electron chi connectivity index (χ4n) is 5.86. The molecule has 206 valence electrons. The molecule has 3 heteroatoms. The summed E-state index contributed by atoms with van der Waals surface area (Å²) in [5.41, 5.74) is 9.47. The van der Waals surface area contributed by atoms with Crippen molar-refractivity contribution < 1.29 is 5.11 Å². The van der Waals surface area contributed by atoms with Crippen LogP contribution in [0.3, 0.4) is 0 Å². The molecule has 0 aliphatic heterocycles. The third kappa shape index (κ3) is 5.19. The van der Waals surface area contributed by atoms with E-state index in [1.54, 1.807) is 0 Å². The minimum atomic E-state index is 0.206. The molecule has 0 aliphatic carbocycles. The van der Waals surface area contributed by atoms with Crippen LogP contribution in [-0.2, 0) is 0 Å². The van der Waals surface area contributed by atoms with E-state index in [2.05, 4.69) is 78.9 Å². The zero-order chi connectivity index (χ0) is 29.3. The number of phenols is 1. The minimum absolute atomic E-state index is 0.206. The lowest BCUT2D eigenvalue weighted by atomic mass is 9.83. The van der Waals surface area contributed by atoms with Crippen molar-refractivity contribution in [2.75, 3.05) is 0 Å². The Bertz CT molecular complexity index is 2060. The van der Waals surface area contributed by atoms with Gasteiger partial charge in [-0.05, 0) is 85.6 Å². The molecular weight excluding hydrogens is 567 g/mol. The summed E-state index contributed by atoms with van der Waals surface area (Å²) in [6.07, 6.45) is 0. The van der Waals surface area contributed by atoms with Gasteiger partial charge in [0.25, 0.3) is 0 Å². The van der Waals surface area contributed by atoms with E-state index < -0.39 is 0 Å². The molecule has 7 aromatic rings. The van der Waals surface area contributed by atoms with Crippen molar-refractivity contribution in [3.63, 3.8) is 0 Å². The predicted molar refractivity (Wildman–Crippen MR) is 183 cm³/mol. The normalized spacial score (nSPS) is 11.1. The first-order chi connectivity index (χ1) is 21.1. The lowest BCUT2D eigenvalue weighted by molar-refractivity contribution is 0.480. The fraction of sp³-hybridized carbons (Fsp3) is 0. The van der Waals surface area contributed by atoms with Gasteiger partial charge in [0.15, 0.2) is 0 Å². The molecule has 0 saturated carbocycles. The Morgan fingerprint density at radius 1 is 0.372 bits per heavy atom. The Morgan fingerprint density at radius 3 is 1.51 bits per heavy atom. The molecule has 1 nitrogen and oxygen atoms in total. The summed E-state index contributed by atoms with van der Waals surface area (Å²) in [5, 5.41) is 15.9.